The summed E-state index contributed by atoms with van der Waals surface area (Å²) < 4.78 is 19.9. The zero-order chi connectivity index (χ0) is 17.6. The van der Waals surface area contributed by atoms with Crippen LogP contribution in [-0.2, 0) is 33.3 Å². The lowest BCUT2D eigenvalue weighted by atomic mass is 10.2. The molecule has 134 valence electrons. The van der Waals surface area contributed by atoms with Crippen LogP contribution in [0.1, 0.15) is 33.6 Å². The minimum atomic E-state index is -0.494. The third-order valence-corrected chi connectivity index (χ3v) is 2.33. The fraction of sp³-hybridized carbons (Fsp3) is 0.800. The Balaban J connectivity index is 3.39. The number of amides is 1. The predicted molar refractivity (Wildman–Crippen MR) is 81.7 cm³/mol. The molecule has 23 heavy (non-hydrogen) atoms. The summed E-state index contributed by atoms with van der Waals surface area (Å²) in [6, 6.07) is 0. The number of nitrogens with one attached hydrogen (secondary N) is 1. The average molecular weight is 333 g/mol. The largest absolute Gasteiger partial charge is 0.465 e. The third kappa shape index (κ3) is 16.5. The smallest absolute Gasteiger partial charge is 0.308 e. The normalized spacial score (nSPS) is 10.9. The second kappa shape index (κ2) is 12.8. The van der Waals surface area contributed by atoms with Crippen molar-refractivity contribution < 1.29 is 33.3 Å². The van der Waals surface area contributed by atoms with E-state index in [4.69, 9.17) is 14.2 Å². The van der Waals surface area contributed by atoms with E-state index >= 15 is 0 Å². The molecule has 0 bridgehead atoms. The average Bonchev–Trinajstić information content (AvgIpc) is 2.44. The van der Waals surface area contributed by atoms with E-state index in [-0.39, 0.29) is 51.1 Å². The maximum atomic E-state index is 11.4. The summed E-state index contributed by atoms with van der Waals surface area (Å²) in [5, 5.41) is 2.66. The molecule has 0 rings (SSSR count). The molecule has 8 nitrogen and oxygen atoms in total. The number of ether oxygens (including phenoxy) is 4. The molecule has 0 aliphatic heterocycles. The first-order valence-corrected chi connectivity index (χ1v) is 7.54. The molecule has 0 fully saturated rings. The van der Waals surface area contributed by atoms with Crippen molar-refractivity contribution in [3.05, 3.63) is 0 Å². The quantitative estimate of drug-likeness (QED) is 0.296. The Labute approximate surface area is 136 Å². The molecule has 0 atom stereocenters. The second-order valence-electron chi connectivity index (χ2n) is 5.63. The summed E-state index contributed by atoms with van der Waals surface area (Å²) in [6.07, 6.45) is 0.404. The lowest BCUT2D eigenvalue weighted by Gasteiger charge is -2.19. The van der Waals surface area contributed by atoms with Gasteiger partial charge in [0.25, 0.3) is 6.47 Å². The van der Waals surface area contributed by atoms with Crippen molar-refractivity contribution in [2.24, 2.45) is 0 Å². The number of carbonyl (C=O) groups is 3. The highest BCUT2D eigenvalue weighted by Gasteiger charge is 2.15. The van der Waals surface area contributed by atoms with Gasteiger partial charge in [-0.2, -0.15) is 0 Å². The highest BCUT2D eigenvalue weighted by molar-refractivity contribution is 5.75. The SMILES string of the molecule is CC(C)(C)OC(=O)CCOCCNC(=O)CCOCCOC=O. The van der Waals surface area contributed by atoms with Gasteiger partial charge in [0, 0.05) is 13.0 Å². The maximum absolute atomic E-state index is 11.4. The minimum Gasteiger partial charge on any atom is -0.465 e. The molecule has 0 aromatic rings. The molecule has 0 saturated heterocycles. The molecule has 0 aromatic heterocycles. The van der Waals surface area contributed by atoms with Gasteiger partial charge in [-0.3, -0.25) is 14.4 Å². The Morgan fingerprint density at radius 1 is 0.957 bits per heavy atom. The molecule has 0 aromatic carbocycles. The van der Waals surface area contributed by atoms with Crippen molar-refractivity contribution in [1.29, 1.82) is 0 Å². The van der Waals surface area contributed by atoms with Gasteiger partial charge in [-0.1, -0.05) is 0 Å². The number of carbonyl (C=O) groups excluding carboxylic acids is 3. The van der Waals surface area contributed by atoms with Crippen molar-refractivity contribution in [3.8, 4) is 0 Å². The van der Waals surface area contributed by atoms with Gasteiger partial charge in [0.15, 0.2) is 0 Å². The van der Waals surface area contributed by atoms with Crippen LogP contribution < -0.4 is 5.32 Å². The summed E-state index contributed by atoms with van der Waals surface area (Å²) in [7, 11) is 0. The van der Waals surface area contributed by atoms with Crippen LogP contribution in [-0.4, -0.2) is 63.5 Å². The van der Waals surface area contributed by atoms with Crippen LogP contribution in [0.5, 0.6) is 0 Å². The molecule has 0 unspecified atom stereocenters. The monoisotopic (exact) mass is 333 g/mol. The first kappa shape index (κ1) is 21.3. The van der Waals surface area contributed by atoms with Gasteiger partial charge in [-0.05, 0) is 20.8 Å². The maximum Gasteiger partial charge on any atom is 0.308 e. The van der Waals surface area contributed by atoms with Crippen molar-refractivity contribution >= 4 is 18.3 Å². The Hall–Kier alpha value is -1.67. The van der Waals surface area contributed by atoms with Crippen LogP contribution >= 0.6 is 0 Å². The number of esters is 1. The summed E-state index contributed by atoms with van der Waals surface area (Å²) in [5.74, 6) is -0.464. The van der Waals surface area contributed by atoms with E-state index in [0.717, 1.165) is 0 Å². The summed E-state index contributed by atoms with van der Waals surface area (Å²) in [5.41, 5.74) is -0.494. The molecule has 0 radical (unpaired) electrons. The fourth-order valence-electron chi connectivity index (χ4n) is 1.42. The predicted octanol–water partition coefficient (Wildman–Crippen LogP) is 0.431. The fourth-order valence-corrected chi connectivity index (χ4v) is 1.42. The van der Waals surface area contributed by atoms with Crippen LogP contribution in [0.25, 0.3) is 0 Å². The second-order valence-corrected chi connectivity index (χ2v) is 5.63. The Morgan fingerprint density at radius 2 is 1.61 bits per heavy atom. The van der Waals surface area contributed by atoms with Gasteiger partial charge in [0.05, 0.1) is 32.8 Å². The zero-order valence-electron chi connectivity index (χ0n) is 14.1. The highest BCUT2D eigenvalue weighted by atomic mass is 16.6. The van der Waals surface area contributed by atoms with E-state index in [9.17, 15) is 14.4 Å². The Bertz CT molecular complexity index is 352. The summed E-state index contributed by atoms with van der Waals surface area (Å²) >= 11 is 0. The van der Waals surface area contributed by atoms with Crippen LogP contribution in [0.3, 0.4) is 0 Å². The third-order valence-electron chi connectivity index (χ3n) is 2.33. The van der Waals surface area contributed by atoms with Crippen LogP contribution in [0, 0.1) is 0 Å². The van der Waals surface area contributed by atoms with Gasteiger partial charge in [0.1, 0.15) is 12.2 Å². The number of hydrogen-bond donors (Lipinski definition) is 1. The zero-order valence-corrected chi connectivity index (χ0v) is 14.1. The molecular formula is C15H27NO7. The van der Waals surface area contributed by atoms with Gasteiger partial charge >= 0.3 is 5.97 Å². The van der Waals surface area contributed by atoms with E-state index in [1.807, 2.05) is 0 Å². The van der Waals surface area contributed by atoms with Gasteiger partial charge < -0.3 is 24.3 Å². The summed E-state index contributed by atoms with van der Waals surface area (Å²) in [6.45, 7) is 7.40. The van der Waals surface area contributed by atoms with E-state index in [1.54, 1.807) is 20.8 Å². The van der Waals surface area contributed by atoms with Crippen LogP contribution in [0.2, 0.25) is 0 Å². The lowest BCUT2D eigenvalue weighted by Crippen LogP contribution is -2.28. The standard InChI is InChI=1S/C15H27NO7/c1-15(2,3)23-14(19)5-8-20-9-6-16-13(18)4-7-21-10-11-22-12-17/h12H,4-11H2,1-3H3,(H,16,18). The Morgan fingerprint density at radius 3 is 2.26 bits per heavy atom. The van der Waals surface area contributed by atoms with E-state index < -0.39 is 5.60 Å². The van der Waals surface area contributed by atoms with Crippen molar-refractivity contribution in [2.45, 2.75) is 39.2 Å². The van der Waals surface area contributed by atoms with Crippen LogP contribution in [0.15, 0.2) is 0 Å². The molecule has 1 amide bonds. The minimum absolute atomic E-state index is 0.156. The first-order chi connectivity index (χ1) is 10.8. The summed E-state index contributed by atoms with van der Waals surface area (Å²) in [4.78, 5) is 32.7. The molecule has 0 aliphatic rings. The molecule has 0 aliphatic carbocycles. The molecule has 0 saturated carbocycles. The topological polar surface area (TPSA) is 100 Å². The van der Waals surface area contributed by atoms with Crippen molar-refractivity contribution in [3.63, 3.8) is 0 Å². The van der Waals surface area contributed by atoms with Gasteiger partial charge in [-0.15, -0.1) is 0 Å². The van der Waals surface area contributed by atoms with E-state index in [0.29, 0.717) is 19.6 Å². The molecule has 8 heteroatoms. The van der Waals surface area contributed by atoms with E-state index in [1.165, 1.54) is 0 Å². The molecule has 0 spiro atoms. The number of hydrogen-bond acceptors (Lipinski definition) is 7. The number of rotatable bonds is 13. The Kier molecular flexibility index (Phi) is 11.9. The molecule has 1 N–H and O–H groups in total. The van der Waals surface area contributed by atoms with Crippen LogP contribution in [0.4, 0.5) is 0 Å². The van der Waals surface area contributed by atoms with E-state index in [2.05, 4.69) is 10.1 Å². The lowest BCUT2D eigenvalue weighted by molar-refractivity contribution is -0.156. The molecular weight excluding hydrogens is 306 g/mol. The first-order valence-electron chi connectivity index (χ1n) is 7.54. The van der Waals surface area contributed by atoms with Crippen molar-refractivity contribution in [2.75, 3.05) is 39.6 Å². The van der Waals surface area contributed by atoms with Crippen molar-refractivity contribution in [1.82, 2.24) is 5.32 Å². The van der Waals surface area contributed by atoms with Gasteiger partial charge in [0.2, 0.25) is 5.91 Å². The molecule has 0 heterocycles. The van der Waals surface area contributed by atoms with Gasteiger partial charge in [-0.25, -0.2) is 0 Å². The highest BCUT2D eigenvalue weighted by Crippen LogP contribution is 2.07.